The molecule has 3 aromatic rings. The minimum absolute atomic E-state index is 0.0579. The van der Waals surface area contributed by atoms with E-state index in [1.165, 1.54) is 36.4 Å². The van der Waals surface area contributed by atoms with Crippen molar-refractivity contribution in [3.8, 4) is 11.8 Å². The van der Waals surface area contributed by atoms with Crippen LogP contribution in [-0.2, 0) is 6.42 Å². The molecule has 0 bridgehead atoms. The maximum absolute atomic E-state index is 14.2. The molecule has 3 nitrogen and oxygen atoms in total. The van der Waals surface area contributed by atoms with E-state index in [4.69, 9.17) is 10.00 Å². The van der Waals surface area contributed by atoms with Crippen LogP contribution in [0, 0.1) is 23.0 Å². The van der Waals surface area contributed by atoms with Crippen LogP contribution in [0.4, 0.5) is 8.78 Å². The third-order valence-electron chi connectivity index (χ3n) is 4.33. The first kappa shape index (κ1) is 18.5. The average molecular weight is 365 g/mol. The Labute approximate surface area is 155 Å². The first-order chi connectivity index (χ1) is 13.0. The molecule has 0 unspecified atom stereocenters. The van der Waals surface area contributed by atoms with E-state index in [-0.39, 0.29) is 22.3 Å². The zero-order valence-electron chi connectivity index (χ0n) is 14.8. The number of unbranched alkanes of at least 4 members (excludes halogenated alkanes) is 1. The standard InChI is InChI=1S/C22H17F2NO2/c1-2-3-4-14-5-9-19(20(23)11-14)22(26)27-17-8-10-18-15(12-17)6-7-16(13-25)21(18)24/h5-12H,2-4H2,1H3. The van der Waals surface area contributed by atoms with Crippen LogP contribution in [0.5, 0.6) is 5.75 Å². The Balaban J connectivity index is 1.83. The Hall–Kier alpha value is -3.26. The molecular weight excluding hydrogens is 348 g/mol. The number of esters is 1. The van der Waals surface area contributed by atoms with Crippen LogP contribution in [-0.4, -0.2) is 5.97 Å². The topological polar surface area (TPSA) is 50.1 Å². The molecule has 0 N–H and O–H groups in total. The number of benzene rings is 3. The van der Waals surface area contributed by atoms with Crippen LogP contribution in [0.2, 0.25) is 0 Å². The molecule has 0 aliphatic rings. The Morgan fingerprint density at radius 3 is 2.63 bits per heavy atom. The van der Waals surface area contributed by atoms with E-state index >= 15 is 0 Å². The highest BCUT2D eigenvalue weighted by Gasteiger charge is 2.15. The van der Waals surface area contributed by atoms with Gasteiger partial charge in [0.05, 0.1) is 11.1 Å². The van der Waals surface area contributed by atoms with Gasteiger partial charge in [-0.25, -0.2) is 13.6 Å². The number of carbonyl (C=O) groups excluding carboxylic acids is 1. The van der Waals surface area contributed by atoms with Crippen molar-refractivity contribution in [3.63, 3.8) is 0 Å². The van der Waals surface area contributed by atoms with Gasteiger partial charge in [0.1, 0.15) is 23.5 Å². The zero-order chi connectivity index (χ0) is 19.4. The molecule has 0 saturated carbocycles. The van der Waals surface area contributed by atoms with Gasteiger partial charge < -0.3 is 4.74 Å². The number of nitriles is 1. The highest BCUT2D eigenvalue weighted by molar-refractivity contribution is 5.92. The molecule has 0 saturated heterocycles. The predicted molar refractivity (Wildman–Crippen MR) is 98.6 cm³/mol. The summed E-state index contributed by atoms with van der Waals surface area (Å²) in [6.07, 6.45) is 2.71. The SMILES string of the molecule is CCCCc1ccc(C(=O)Oc2ccc3c(F)c(C#N)ccc3c2)c(F)c1. The van der Waals surface area contributed by atoms with E-state index in [2.05, 4.69) is 6.92 Å². The number of rotatable bonds is 5. The van der Waals surface area contributed by atoms with Crippen molar-refractivity contribution in [2.24, 2.45) is 0 Å². The first-order valence-electron chi connectivity index (χ1n) is 8.66. The second-order valence-corrected chi connectivity index (χ2v) is 6.23. The molecule has 0 atom stereocenters. The minimum Gasteiger partial charge on any atom is -0.423 e. The summed E-state index contributed by atoms with van der Waals surface area (Å²) in [4.78, 5) is 12.3. The fraction of sp³-hybridized carbons (Fsp3) is 0.182. The second kappa shape index (κ2) is 7.96. The van der Waals surface area contributed by atoms with Gasteiger partial charge in [-0.05, 0) is 60.2 Å². The minimum atomic E-state index is -0.817. The third-order valence-corrected chi connectivity index (χ3v) is 4.33. The van der Waals surface area contributed by atoms with E-state index in [1.54, 1.807) is 18.2 Å². The summed E-state index contributed by atoms with van der Waals surface area (Å²) in [5, 5.41) is 9.60. The van der Waals surface area contributed by atoms with Crippen LogP contribution in [0.3, 0.4) is 0 Å². The molecule has 0 aliphatic carbocycles. The summed E-state index contributed by atoms with van der Waals surface area (Å²) < 4.78 is 33.6. The Bertz CT molecular complexity index is 1050. The maximum Gasteiger partial charge on any atom is 0.346 e. The highest BCUT2D eigenvalue weighted by atomic mass is 19.1. The van der Waals surface area contributed by atoms with Crippen molar-refractivity contribution in [2.75, 3.05) is 0 Å². The fourth-order valence-electron chi connectivity index (χ4n) is 2.84. The van der Waals surface area contributed by atoms with Crippen molar-refractivity contribution >= 4 is 16.7 Å². The van der Waals surface area contributed by atoms with Gasteiger partial charge in [-0.15, -0.1) is 0 Å². The largest absolute Gasteiger partial charge is 0.423 e. The van der Waals surface area contributed by atoms with Gasteiger partial charge in [-0.3, -0.25) is 0 Å². The fourth-order valence-corrected chi connectivity index (χ4v) is 2.84. The van der Waals surface area contributed by atoms with E-state index < -0.39 is 17.6 Å². The van der Waals surface area contributed by atoms with Crippen molar-refractivity contribution in [1.29, 1.82) is 5.26 Å². The van der Waals surface area contributed by atoms with E-state index in [0.29, 0.717) is 5.39 Å². The Morgan fingerprint density at radius 2 is 1.93 bits per heavy atom. The monoisotopic (exact) mass is 365 g/mol. The molecule has 0 amide bonds. The molecule has 136 valence electrons. The lowest BCUT2D eigenvalue weighted by Gasteiger charge is -2.08. The van der Waals surface area contributed by atoms with Crippen LogP contribution in [0.15, 0.2) is 48.5 Å². The first-order valence-corrected chi connectivity index (χ1v) is 8.66. The Kier molecular flexibility index (Phi) is 5.46. The van der Waals surface area contributed by atoms with Gasteiger partial charge in [-0.1, -0.05) is 25.5 Å². The van der Waals surface area contributed by atoms with Gasteiger partial charge in [-0.2, -0.15) is 5.26 Å². The van der Waals surface area contributed by atoms with Crippen LogP contribution >= 0.6 is 0 Å². The second-order valence-electron chi connectivity index (χ2n) is 6.23. The molecule has 3 aromatic carbocycles. The van der Waals surface area contributed by atoms with Crippen molar-refractivity contribution < 1.29 is 18.3 Å². The molecule has 0 aromatic heterocycles. The molecule has 5 heteroatoms. The summed E-state index contributed by atoms with van der Waals surface area (Å²) in [5.74, 6) is -1.89. The predicted octanol–water partition coefficient (Wildman–Crippen LogP) is 5.55. The average Bonchev–Trinajstić information content (AvgIpc) is 2.66. The zero-order valence-corrected chi connectivity index (χ0v) is 14.8. The normalized spacial score (nSPS) is 10.6. The smallest absolute Gasteiger partial charge is 0.346 e. The van der Waals surface area contributed by atoms with Crippen molar-refractivity contribution in [3.05, 3.63) is 76.9 Å². The summed E-state index contributed by atoms with van der Waals surface area (Å²) in [7, 11) is 0. The summed E-state index contributed by atoms with van der Waals surface area (Å²) in [5.41, 5.74) is 0.624. The van der Waals surface area contributed by atoms with Gasteiger partial charge >= 0.3 is 5.97 Å². The van der Waals surface area contributed by atoms with Crippen LogP contribution < -0.4 is 4.74 Å². The number of fused-ring (bicyclic) bond motifs is 1. The number of hydrogen-bond acceptors (Lipinski definition) is 3. The van der Waals surface area contributed by atoms with Gasteiger partial charge in [0.2, 0.25) is 0 Å². The van der Waals surface area contributed by atoms with E-state index in [1.807, 2.05) is 0 Å². The Morgan fingerprint density at radius 1 is 1.11 bits per heavy atom. The summed E-state index contributed by atoms with van der Waals surface area (Å²) in [6.45, 7) is 2.05. The van der Waals surface area contributed by atoms with Gasteiger partial charge in [0, 0.05) is 5.39 Å². The molecule has 27 heavy (non-hydrogen) atoms. The number of ether oxygens (including phenoxy) is 1. The number of aryl methyl sites for hydroxylation is 1. The molecule has 0 spiro atoms. The molecule has 0 radical (unpaired) electrons. The summed E-state index contributed by atoms with van der Waals surface area (Å²) >= 11 is 0. The van der Waals surface area contributed by atoms with E-state index in [0.717, 1.165) is 24.8 Å². The highest BCUT2D eigenvalue weighted by Crippen LogP contribution is 2.26. The van der Waals surface area contributed by atoms with E-state index in [9.17, 15) is 13.6 Å². The van der Waals surface area contributed by atoms with Crippen LogP contribution in [0.1, 0.15) is 41.3 Å². The quantitative estimate of drug-likeness (QED) is 0.440. The van der Waals surface area contributed by atoms with Gasteiger partial charge in [0.25, 0.3) is 0 Å². The van der Waals surface area contributed by atoms with Gasteiger partial charge in [0.15, 0.2) is 0 Å². The maximum atomic E-state index is 14.2. The summed E-state index contributed by atoms with van der Waals surface area (Å²) in [6, 6.07) is 13.5. The number of hydrogen-bond donors (Lipinski definition) is 0. The number of halogens is 2. The lowest BCUT2D eigenvalue weighted by molar-refractivity contribution is 0.0730. The lowest BCUT2D eigenvalue weighted by atomic mass is 10.1. The third kappa shape index (κ3) is 3.95. The molecule has 3 rings (SSSR count). The molecular formula is C22H17F2NO2. The number of carbonyl (C=O) groups is 1. The molecule has 0 aliphatic heterocycles. The molecule has 0 fully saturated rings. The number of nitrogens with zero attached hydrogens (tertiary/aromatic N) is 1. The van der Waals surface area contributed by atoms with Crippen molar-refractivity contribution in [1.82, 2.24) is 0 Å². The van der Waals surface area contributed by atoms with Crippen LogP contribution in [0.25, 0.3) is 10.8 Å². The molecule has 0 heterocycles. The lowest BCUT2D eigenvalue weighted by Crippen LogP contribution is -2.11. The van der Waals surface area contributed by atoms with Crippen molar-refractivity contribution in [2.45, 2.75) is 26.2 Å².